The van der Waals surface area contributed by atoms with Crippen molar-refractivity contribution < 1.29 is 9.26 Å². The van der Waals surface area contributed by atoms with Crippen molar-refractivity contribution in [2.24, 2.45) is 0 Å². The normalized spacial score (nSPS) is 9.89. The van der Waals surface area contributed by atoms with E-state index in [1.54, 1.807) is 13.2 Å². The van der Waals surface area contributed by atoms with Crippen LogP contribution in [0.25, 0.3) is 0 Å². The molecule has 0 unspecified atom stereocenters. The zero-order valence-electron chi connectivity index (χ0n) is 10.1. The van der Waals surface area contributed by atoms with E-state index in [-0.39, 0.29) is 0 Å². The van der Waals surface area contributed by atoms with Gasteiger partial charge in [0.15, 0.2) is 10.9 Å². The fourth-order valence-corrected chi connectivity index (χ4v) is 1.63. The second-order valence-corrected chi connectivity index (χ2v) is 4.04. The van der Waals surface area contributed by atoms with Crippen LogP contribution in [0.2, 0.25) is 0 Å². The highest BCUT2D eigenvalue weighted by Crippen LogP contribution is 2.17. The second-order valence-electron chi connectivity index (χ2n) is 3.63. The molecule has 0 atom stereocenters. The van der Waals surface area contributed by atoms with Gasteiger partial charge in [-0.25, -0.2) is 0 Å². The summed E-state index contributed by atoms with van der Waals surface area (Å²) < 4.78 is 10.1. The fraction of sp³-hybridized carbons (Fsp3) is 0.167. The molecule has 0 radical (unpaired) electrons. The number of ether oxygens (including phenoxy) is 1. The Labute approximate surface area is 110 Å². The van der Waals surface area contributed by atoms with Gasteiger partial charge in [-0.2, -0.15) is 0 Å². The molecule has 1 heterocycles. The number of anilines is 2. The van der Waals surface area contributed by atoms with Crippen LogP contribution >= 0.6 is 12.2 Å². The van der Waals surface area contributed by atoms with Gasteiger partial charge < -0.3 is 19.9 Å². The minimum Gasteiger partial charge on any atom is -0.497 e. The average Bonchev–Trinajstić information content (AvgIpc) is 2.74. The lowest BCUT2D eigenvalue weighted by atomic mass is 10.3. The average molecular weight is 263 g/mol. The Kier molecular flexibility index (Phi) is 3.78. The van der Waals surface area contributed by atoms with E-state index in [9.17, 15) is 0 Å². The molecule has 1 aromatic heterocycles. The highest BCUT2D eigenvalue weighted by molar-refractivity contribution is 7.80. The quantitative estimate of drug-likeness (QED) is 0.830. The summed E-state index contributed by atoms with van der Waals surface area (Å²) in [5.74, 6) is 2.06. The van der Waals surface area contributed by atoms with Crippen molar-refractivity contribution in [2.45, 2.75) is 6.92 Å². The summed E-state index contributed by atoms with van der Waals surface area (Å²) in [5.41, 5.74) is 0.840. The third-order valence-electron chi connectivity index (χ3n) is 2.20. The van der Waals surface area contributed by atoms with E-state index in [0.717, 1.165) is 17.2 Å². The van der Waals surface area contributed by atoms with Crippen LogP contribution in [0.15, 0.2) is 34.9 Å². The van der Waals surface area contributed by atoms with Crippen LogP contribution in [0.4, 0.5) is 11.5 Å². The number of rotatable bonds is 3. The van der Waals surface area contributed by atoms with E-state index in [4.69, 9.17) is 21.5 Å². The van der Waals surface area contributed by atoms with Crippen LogP contribution in [0.3, 0.4) is 0 Å². The van der Waals surface area contributed by atoms with Gasteiger partial charge in [-0.05, 0) is 31.3 Å². The monoisotopic (exact) mass is 263 g/mol. The highest BCUT2D eigenvalue weighted by Gasteiger charge is 2.03. The van der Waals surface area contributed by atoms with Crippen LogP contribution < -0.4 is 15.4 Å². The molecule has 0 aliphatic carbocycles. The van der Waals surface area contributed by atoms with E-state index in [0.29, 0.717) is 10.9 Å². The Morgan fingerprint density at radius 1 is 1.33 bits per heavy atom. The van der Waals surface area contributed by atoms with Crippen LogP contribution in [-0.2, 0) is 0 Å². The SMILES string of the molecule is COc1cccc(NC(=S)Nc2cc(C)on2)c1. The van der Waals surface area contributed by atoms with Crippen molar-refractivity contribution in [3.63, 3.8) is 0 Å². The van der Waals surface area contributed by atoms with Crippen molar-refractivity contribution in [3.05, 3.63) is 36.1 Å². The van der Waals surface area contributed by atoms with Gasteiger partial charge in [0.05, 0.1) is 7.11 Å². The lowest BCUT2D eigenvalue weighted by molar-refractivity contribution is 0.400. The van der Waals surface area contributed by atoms with Crippen molar-refractivity contribution in [1.82, 2.24) is 5.16 Å². The maximum Gasteiger partial charge on any atom is 0.176 e. The molecule has 2 rings (SSSR count). The van der Waals surface area contributed by atoms with Gasteiger partial charge in [-0.3, -0.25) is 0 Å². The maximum absolute atomic E-state index is 5.16. The number of aromatic nitrogens is 1. The molecule has 0 fully saturated rings. The summed E-state index contributed by atoms with van der Waals surface area (Å²) in [4.78, 5) is 0. The number of hydrogen-bond acceptors (Lipinski definition) is 4. The summed E-state index contributed by atoms with van der Waals surface area (Å²) in [5, 5.41) is 10.2. The molecule has 2 N–H and O–H groups in total. The predicted molar refractivity (Wildman–Crippen MR) is 74.1 cm³/mol. The first-order chi connectivity index (χ1) is 8.67. The number of hydrogen-bond donors (Lipinski definition) is 2. The molecule has 0 aliphatic heterocycles. The van der Waals surface area contributed by atoms with E-state index in [1.807, 2.05) is 31.2 Å². The number of nitrogens with one attached hydrogen (secondary N) is 2. The minimum absolute atomic E-state index is 0.441. The van der Waals surface area contributed by atoms with Gasteiger partial charge >= 0.3 is 0 Å². The summed E-state index contributed by atoms with van der Waals surface area (Å²) in [7, 11) is 1.62. The molecule has 0 bridgehead atoms. The lowest BCUT2D eigenvalue weighted by Gasteiger charge is -2.09. The molecule has 5 nitrogen and oxygen atoms in total. The largest absolute Gasteiger partial charge is 0.497 e. The Balaban J connectivity index is 1.98. The summed E-state index contributed by atoms with van der Waals surface area (Å²) in [6.45, 7) is 1.82. The van der Waals surface area contributed by atoms with Crippen molar-refractivity contribution >= 4 is 28.8 Å². The van der Waals surface area contributed by atoms with Crippen LogP contribution in [0.1, 0.15) is 5.76 Å². The predicted octanol–water partition coefficient (Wildman–Crippen LogP) is 2.80. The van der Waals surface area contributed by atoms with E-state index in [1.165, 1.54) is 0 Å². The first-order valence-electron chi connectivity index (χ1n) is 5.33. The van der Waals surface area contributed by atoms with Crippen LogP contribution in [0, 0.1) is 6.92 Å². The first kappa shape index (κ1) is 12.4. The Morgan fingerprint density at radius 3 is 2.83 bits per heavy atom. The van der Waals surface area contributed by atoms with Gasteiger partial charge in [0.1, 0.15) is 11.5 Å². The molecule has 1 aromatic carbocycles. The van der Waals surface area contributed by atoms with Crippen molar-refractivity contribution in [3.8, 4) is 5.75 Å². The summed E-state index contributed by atoms with van der Waals surface area (Å²) in [6, 6.07) is 9.25. The third-order valence-corrected chi connectivity index (χ3v) is 2.40. The maximum atomic E-state index is 5.16. The first-order valence-corrected chi connectivity index (χ1v) is 5.73. The Bertz CT molecular complexity index is 554. The molecule has 0 spiro atoms. The zero-order chi connectivity index (χ0) is 13.0. The number of methoxy groups -OCH3 is 1. The van der Waals surface area contributed by atoms with Crippen LogP contribution in [-0.4, -0.2) is 17.4 Å². The Morgan fingerprint density at radius 2 is 2.17 bits per heavy atom. The molecule has 18 heavy (non-hydrogen) atoms. The van der Waals surface area contributed by atoms with Gasteiger partial charge in [-0.1, -0.05) is 11.2 Å². The summed E-state index contributed by atoms with van der Waals surface area (Å²) in [6.07, 6.45) is 0. The van der Waals surface area contributed by atoms with Crippen molar-refractivity contribution in [2.75, 3.05) is 17.7 Å². The van der Waals surface area contributed by atoms with E-state index >= 15 is 0 Å². The standard InChI is InChI=1S/C12H13N3O2S/c1-8-6-11(15-17-8)14-12(18)13-9-4-3-5-10(7-9)16-2/h3-7H,1-2H3,(H2,13,14,15,18). The zero-order valence-corrected chi connectivity index (χ0v) is 10.9. The van der Waals surface area contributed by atoms with Gasteiger partial charge in [0, 0.05) is 17.8 Å². The molecule has 6 heteroatoms. The van der Waals surface area contributed by atoms with Gasteiger partial charge in [-0.15, -0.1) is 0 Å². The van der Waals surface area contributed by atoms with E-state index < -0.39 is 0 Å². The topological polar surface area (TPSA) is 59.3 Å². The smallest absolute Gasteiger partial charge is 0.176 e. The third kappa shape index (κ3) is 3.21. The molecule has 94 valence electrons. The molecule has 2 aromatic rings. The van der Waals surface area contributed by atoms with E-state index in [2.05, 4.69) is 15.8 Å². The van der Waals surface area contributed by atoms with Gasteiger partial charge in [0.2, 0.25) is 0 Å². The lowest BCUT2D eigenvalue weighted by Crippen LogP contribution is -2.19. The van der Waals surface area contributed by atoms with Crippen molar-refractivity contribution in [1.29, 1.82) is 0 Å². The Hall–Kier alpha value is -2.08. The number of thiocarbonyl (C=S) groups is 1. The number of nitrogens with zero attached hydrogens (tertiary/aromatic N) is 1. The molecule has 0 aliphatic rings. The minimum atomic E-state index is 0.441. The molecule has 0 amide bonds. The van der Waals surface area contributed by atoms with Gasteiger partial charge in [0.25, 0.3) is 0 Å². The highest BCUT2D eigenvalue weighted by atomic mass is 32.1. The second kappa shape index (κ2) is 5.50. The molecule has 0 saturated carbocycles. The molecular formula is C12H13N3O2S. The fourth-order valence-electron chi connectivity index (χ4n) is 1.40. The molecule has 0 saturated heterocycles. The molecular weight excluding hydrogens is 250 g/mol. The van der Waals surface area contributed by atoms with Crippen LogP contribution in [0.5, 0.6) is 5.75 Å². The number of aryl methyl sites for hydroxylation is 1. The number of benzene rings is 1. The summed E-state index contributed by atoms with van der Waals surface area (Å²) >= 11 is 5.16.